The van der Waals surface area contributed by atoms with E-state index in [-0.39, 0.29) is 27.7 Å². The lowest BCUT2D eigenvalue weighted by atomic mass is 10.2. The third-order valence-corrected chi connectivity index (χ3v) is 6.55. The first-order chi connectivity index (χ1) is 17.7. The van der Waals surface area contributed by atoms with Crippen LogP contribution in [0.5, 0.6) is 0 Å². The van der Waals surface area contributed by atoms with Gasteiger partial charge in [0.05, 0.1) is 9.82 Å². The third-order valence-electron chi connectivity index (χ3n) is 5.17. The first-order valence-electron chi connectivity index (χ1n) is 10.9. The van der Waals surface area contributed by atoms with Gasteiger partial charge in [-0.25, -0.2) is 8.42 Å². The molecule has 0 heterocycles. The number of rotatable bonds is 8. The Labute approximate surface area is 212 Å². The highest BCUT2D eigenvalue weighted by molar-refractivity contribution is 7.92. The van der Waals surface area contributed by atoms with Crippen molar-refractivity contribution < 1.29 is 22.9 Å². The Morgan fingerprint density at radius 3 is 1.76 bits per heavy atom. The molecule has 11 heteroatoms. The van der Waals surface area contributed by atoms with Gasteiger partial charge in [-0.05, 0) is 66.7 Å². The van der Waals surface area contributed by atoms with Gasteiger partial charge in [0.1, 0.15) is 0 Å². The lowest BCUT2D eigenvalue weighted by Crippen LogP contribution is -2.16. The molecular formula is C26H20N4O6S. The number of hydrogen-bond acceptors (Lipinski definition) is 6. The molecule has 0 saturated carbocycles. The van der Waals surface area contributed by atoms with Crippen molar-refractivity contribution in [2.45, 2.75) is 4.90 Å². The molecule has 0 saturated heterocycles. The van der Waals surface area contributed by atoms with Crippen LogP contribution in [0.1, 0.15) is 20.7 Å². The number of anilines is 3. The monoisotopic (exact) mass is 516 g/mol. The van der Waals surface area contributed by atoms with E-state index in [1.54, 1.807) is 42.5 Å². The first-order valence-corrected chi connectivity index (χ1v) is 12.3. The second-order valence-corrected chi connectivity index (χ2v) is 9.47. The van der Waals surface area contributed by atoms with E-state index >= 15 is 0 Å². The van der Waals surface area contributed by atoms with Crippen LogP contribution in [0.2, 0.25) is 0 Å². The van der Waals surface area contributed by atoms with Gasteiger partial charge in [0.15, 0.2) is 0 Å². The zero-order chi connectivity index (χ0) is 26.4. The highest BCUT2D eigenvalue weighted by Gasteiger charge is 2.17. The number of nitro benzene ring substituents is 1. The first kappa shape index (κ1) is 25.1. The molecule has 10 nitrogen and oxygen atoms in total. The molecule has 3 N–H and O–H groups in total. The summed E-state index contributed by atoms with van der Waals surface area (Å²) >= 11 is 0. The average Bonchev–Trinajstić information content (AvgIpc) is 2.90. The molecule has 0 bridgehead atoms. The van der Waals surface area contributed by atoms with Crippen LogP contribution in [-0.4, -0.2) is 25.2 Å². The Balaban J connectivity index is 1.43. The summed E-state index contributed by atoms with van der Waals surface area (Å²) in [7, 11) is -4.03. The molecular weight excluding hydrogens is 496 g/mol. The maximum Gasteiger partial charge on any atom is 0.269 e. The third kappa shape index (κ3) is 6.35. The summed E-state index contributed by atoms with van der Waals surface area (Å²) in [6, 6.07) is 25.5. The second-order valence-electron chi connectivity index (χ2n) is 7.79. The van der Waals surface area contributed by atoms with Crippen LogP contribution >= 0.6 is 0 Å². The number of carbonyl (C=O) groups excluding carboxylic acids is 2. The fraction of sp³-hybridized carbons (Fsp3) is 0. The molecule has 0 atom stereocenters. The van der Waals surface area contributed by atoms with Crippen molar-refractivity contribution in [3.63, 3.8) is 0 Å². The molecule has 0 aliphatic heterocycles. The Morgan fingerprint density at radius 2 is 1.16 bits per heavy atom. The second kappa shape index (κ2) is 10.7. The Hall–Kier alpha value is -5.03. The van der Waals surface area contributed by atoms with Crippen LogP contribution in [0.15, 0.2) is 108 Å². The van der Waals surface area contributed by atoms with E-state index in [9.17, 15) is 28.1 Å². The SMILES string of the molecule is O=C(Nc1ccc(NS(=O)(=O)c2cccc(C(=O)Nc3ccc([N+](=O)[O-])cc3)c2)cc1)c1ccccc1. The Kier molecular flexibility index (Phi) is 7.26. The van der Waals surface area contributed by atoms with Gasteiger partial charge in [0.2, 0.25) is 0 Å². The quantitative estimate of drug-likeness (QED) is 0.224. The van der Waals surface area contributed by atoms with Crippen LogP contribution in [0.4, 0.5) is 22.7 Å². The van der Waals surface area contributed by atoms with Crippen molar-refractivity contribution in [2.24, 2.45) is 0 Å². The molecule has 0 radical (unpaired) electrons. The van der Waals surface area contributed by atoms with Crippen molar-refractivity contribution in [1.29, 1.82) is 0 Å². The van der Waals surface area contributed by atoms with Crippen LogP contribution in [0.3, 0.4) is 0 Å². The number of hydrogen-bond donors (Lipinski definition) is 3. The van der Waals surface area contributed by atoms with Gasteiger partial charge in [0, 0.05) is 40.3 Å². The largest absolute Gasteiger partial charge is 0.322 e. The van der Waals surface area contributed by atoms with Crippen LogP contribution in [0, 0.1) is 10.1 Å². The molecule has 0 aromatic heterocycles. The number of nitro groups is 1. The molecule has 0 fully saturated rings. The number of amides is 2. The Bertz CT molecular complexity index is 1560. The molecule has 0 aliphatic carbocycles. The highest BCUT2D eigenvalue weighted by atomic mass is 32.2. The molecule has 4 aromatic rings. The predicted octanol–water partition coefficient (Wildman–Crippen LogP) is 4.90. The van der Waals surface area contributed by atoms with Gasteiger partial charge >= 0.3 is 0 Å². The highest BCUT2D eigenvalue weighted by Crippen LogP contribution is 2.21. The molecule has 2 amide bonds. The average molecular weight is 517 g/mol. The molecule has 4 aromatic carbocycles. The zero-order valence-electron chi connectivity index (χ0n) is 19.1. The molecule has 0 aliphatic rings. The van der Waals surface area contributed by atoms with Crippen molar-refractivity contribution in [3.8, 4) is 0 Å². The normalized spacial score (nSPS) is 10.8. The summed E-state index contributed by atoms with van der Waals surface area (Å²) in [6.45, 7) is 0. The smallest absolute Gasteiger partial charge is 0.269 e. The fourth-order valence-electron chi connectivity index (χ4n) is 3.30. The van der Waals surface area contributed by atoms with Gasteiger partial charge in [-0.3, -0.25) is 24.4 Å². The minimum absolute atomic E-state index is 0.0835. The molecule has 0 spiro atoms. The number of benzene rings is 4. The number of carbonyl (C=O) groups is 2. The van der Waals surface area contributed by atoms with Gasteiger partial charge in [-0.15, -0.1) is 0 Å². The maximum absolute atomic E-state index is 12.9. The molecule has 186 valence electrons. The van der Waals surface area contributed by atoms with E-state index in [1.165, 1.54) is 60.7 Å². The van der Waals surface area contributed by atoms with E-state index in [0.717, 1.165) is 0 Å². The minimum atomic E-state index is -4.03. The fourth-order valence-corrected chi connectivity index (χ4v) is 4.41. The van der Waals surface area contributed by atoms with Crippen molar-refractivity contribution in [3.05, 3.63) is 124 Å². The molecule has 37 heavy (non-hydrogen) atoms. The van der Waals surface area contributed by atoms with Gasteiger partial charge < -0.3 is 10.6 Å². The number of sulfonamides is 1. The summed E-state index contributed by atoms with van der Waals surface area (Å²) in [5.74, 6) is -0.873. The summed E-state index contributed by atoms with van der Waals surface area (Å²) < 4.78 is 28.3. The summed E-state index contributed by atoms with van der Waals surface area (Å²) in [6.07, 6.45) is 0. The standard InChI is InChI=1S/C26H20N4O6S/c31-25(18-5-2-1-3-6-18)27-20-9-11-22(12-10-20)29-37(35,36)24-8-4-7-19(17-24)26(32)28-21-13-15-23(16-14-21)30(33)34/h1-17,29H,(H,27,31)(H,28,32). The van der Waals surface area contributed by atoms with E-state index in [2.05, 4.69) is 15.4 Å². The van der Waals surface area contributed by atoms with Gasteiger partial charge in [-0.2, -0.15) is 0 Å². The van der Waals surface area contributed by atoms with Gasteiger partial charge in [-0.1, -0.05) is 24.3 Å². The van der Waals surface area contributed by atoms with Crippen molar-refractivity contribution in [2.75, 3.05) is 15.4 Å². The number of nitrogens with one attached hydrogen (secondary N) is 3. The Morgan fingerprint density at radius 1 is 0.649 bits per heavy atom. The lowest BCUT2D eigenvalue weighted by Gasteiger charge is -2.11. The van der Waals surface area contributed by atoms with Crippen molar-refractivity contribution >= 4 is 44.6 Å². The van der Waals surface area contributed by atoms with Gasteiger partial charge in [0.25, 0.3) is 27.5 Å². The van der Waals surface area contributed by atoms with Crippen LogP contribution in [0.25, 0.3) is 0 Å². The summed E-state index contributed by atoms with van der Waals surface area (Å²) in [5.41, 5.74) is 1.52. The molecule has 4 rings (SSSR count). The summed E-state index contributed by atoms with van der Waals surface area (Å²) in [4.78, 5) is 35.0. The van der Waals surface area contributed by atoms with Crippen LogP contribution in [-0.2, 0) is 10.0 Å². The van der Waals surface area contributed by atoms with E-state index in [1.807, 2.05) is 0 Å². The minimum Gasteiger partial charge on any atom is -0.322 e. The topological polar surface area (TPSA) is 148 Å². The van der Waals surface area contributed by atoms with Crippen molar-refractivity contribution in [1.82, 2.24) is 0 Å². The lowest BCUT2D eigenvalue weighted by molar-refractivity contribution is -0.384. The van der Waals surface area contributed by atoms with Crippen LogP contribution < -0.4 is 15.4 Å². The molecule has 0 unspecified atom stereocenters. The number of nitrogens with zero attached hydrogens (tertiary/aromatic N) is 1. The maximum atomic E-state index is 12.9. The number of non-ortho nitro benzene ring substituents is 1. The van der Waals surface area contributed by atoms with E-state index in [0.29, 0.717) is 16.9 Å². The predicted molar refractivity (Wildman–Crippen MR) is 139 cm³/mol. The van der Waals surface area contributed by atoms with E-state index < -0.39 is 20.9 Å². The summed E-state index contributed by atoms with van der Waals surface area (Å²) in [5, 5.41) is 16.1. The van der Waals surface area contributed by atoms with E-state index in [4.69, 9.17) is 0 Å². The zero-order valence-corrected chi connectivity index (χ0v) is 19.9.